The van der Waals surface area contributed by atoms with Gasteiger partial charge in [-0.2, -0.15) is 0 Å². The summed E-state index contributed by atoms with van der Waals surface area (Å²) >= 11 is 1.21. The molecule has 0 bridgehead atoms. The third-order valence-electron chi connectivity index (χ3n) is 0. The molecule has 0 radical (unpaired) electrons. The molecule has 0 atom stereocenters. The summed E-state index contributed by atoms with van der Waals surface area (Å²) in [5, 5.41) is 0. The Bertz CT molecular complexity index is 13.5. The number of hydrogen-bond acceptors (Lipinski definition) is 0. The summed E-state index contributed by atoms with van der Waals surface area (Å²) < 4.78 is 1.88. The summed E-state index contributed by atoms with van der Waals surface area (Å²) in [6, 6.07) is 0. The van der Waals surface area contributed by atoms with Crippen LogP contribution in [0.2, 0.25) is 0 Å². The zero-order chi connectivity index (χ0) is 2.71. The Hall–Kier alpha value is 1.09. The molecule has 0 aromatic rings. The van der Waals surface area contributed by atoms with Crippen molar-refractivity contribution in [3.63, 3.8) is 0 Å². The van der Waals surface area contributed by atoms with Crippen molar-refractivity contribution in [1.29, 1.82) is 0 Å². The van der Waals surface area contributed by atoms with E-state index in [1.54, 1.807) is 0 Å². The Balaban J connectivity index is 0. The molecule has 0 saturated heterocycles. The first-order valence-electron chi connectivity index (χ1n) is 0.816. The van der Waals surface area contributed by atoms with Gasteiger partial charge in [-0.15, -0.1) is 0 Å². The van der Waals surface area contributed by atoms with Crippen molar-refractivity contribution in [3.05, 3.63) is 11.2 Å². The van der Waals surface area contributed by atoms with Crippen molar-refractivity contribution in [2.45, 2.75) is 0 Å². The van der Waals surface area contributed by atoms with Gasteiger partial charge in [-0.25, -0.2) is 0 Å². The van der Waals surface area contributed by atoms with Gasteiger partial charge >= 0.3 is 29.6 Å². The molecule has 0 aliphatic carbocycles. The SMILES string of the molecule is C=[CH][Zn+].[I-]. The van der Waals surface area contributed by atoms with Crippen LogP contribution in [0.15, 0.2) is 11.2 Å². The van der Waals surface area contributed by atoms with Gasteiger partial charge < -0.3 is 24.0 Å². The normalized spacial score (nSPS) is 3.50. The van der Waals surface area contributed by atoms with Crippen molar-refractivity contribution >= 4 is 0 Å². The molecule has 0 aromatic heterocycles. The fraction of sp³-hybridized carbons (Fsp3) is 0. The maximum atomic E-state index is 3.42. The summed E-state index contributed by atoms with van der Waals surface area (Å²) in [5.41, 5.74) is 0. The maximum Gasteiger partial charge on any atom is -1.00 e. The van der Waals surface area contributed by atoms with Crippen LogP contribution in [0, 0.1) is 0 Å². The van der Waals surface area contributed by atoms with Crippen LogP contribution in [-0.4, -0.2) is 0 Å². The van der Waals surface area contributed by atoms with E-state index in [2.05, 4.69) is 6.58 Å². The first kappa shape index (κ1) is 8.92. The molecule has 4 heavy (non-hydrogen) atoms. The Morgan fingerprint density at radius 3 is 1.75 bits per heavy atom. The minimum absolute atomic E-state index is 0. The largest absolute Gasteiger partial charge is 1.00 e. The molecular formula is C2H3IZn. The summed E-state index contributed by atoms with van der Waals surface area (Å²) in [4.78, 5) is 0. The van der Waals surface area contributed by atoms with E-state index in [4.69, 9.17) is 0 Å². The average molecular weight is 219 g/mol. The number of halogens is 1. The zero-order valence-electron chi connectivity index (χ0n) is 2.37. The molecule has 0 rings (SSSR count). The molecule has 2 heteroatoms. The third kappa shape index (κ3) is 11.3. The van der Waals surface area contributed by atoms with Crippen molar-refractivity contribution in [2.75, 3.05) is 0 Å². The van der Waals surface area contributed by atoms with Crippen LogP contribution in [0.4, 0.5) is 0 Å². The van der Waals surface area contributed by atoms with Crippen LogP contribution in [0.25, 0.3) is 0 Å². The van der Waals surface area contributed by atoms with Gasteiger partial charge in [-0.3, -0.25) is 0 Å². The molecule has 0 amide bonds. The molecule has 0 aromatic carbocycles. The fourth-order valence-electron chi connectivity index (χ4n) is 0. The second-order valence-corrected chi connectivity index (χ2v) is 1.50. The van der Waals surface area contributed by atoms with E-state index in [0.717, 1.165) is 0 Å². The van der Waals surface area contributed by atoms with E-state index in [1.165, 1.54) is 18.3 Å². The van der Waals surface area contributed by atoms with E-state index >= 15 is 0 Å². The van der Waals surface area contributed by atoms with Crippen LogP contribution in [0.3, 0.4) is 0 Å². The topological polar surface area (TPSA) is 0 Å². The Kier molecular flexibility index (Phi) is 19.9. The van der Waals surface area contributed by atoms with E-state index in [0.29, 0.717) is 0 Å². The third-order valence-corrected chi connectivity index (χ3v) is 0. The first-order chi connectivity index (χ1) is 1.41. The molecule has 0 fully saturated rings. The summed E-state index contributed by atoms with van der Waals surface area (Å²) in [6.45, 7) is 3.42. The maximum absolute atomic E-state index is 3.42. The molecular weight excluding hydrogens is 216 g/mol. The fourth-order valence-corrected chi connectivity index (χ4v) is 0. The minimum Gasteiger partial charge on any atom is -1.00 e. The van der Waals surface area contributed by atoms with Gasteiger partial charge in [0.1, 0.15) is 0 Å². The second kappa shape index (κ2) is 8.94. The molecule has 0 saturated carbocycles. The molecule has 20 valence electrons. The Morgan fingerprint density at radius 2 is 1.75 bits per heavy atom. The van der Waals surface area contributed by atoms with Gasteiger partial charge in [0.15, 0.2) is 0 Å². The molecule has 0 N–H and O–H groups in total. The Labute approximate surface area is 53.4 Å². The first-order valence-corrected chi connectivity index (χ1v) is 2.53. The summed E-state index contributed by atoms with van der Waals surface area (Å²) in [6.07, 6.45) is 0. The minimum atomic E-state index is 0. The summed E-state index contributed by atoms with van der Waals surface area (Å²) in [5.74, 6) is 0. The van der Waals surface area contributed by atoms with Crippen LogP contribution in [-0.2, 0) is 18.3 Å². The van der Waals surface area contributed by atoms with E-state index < -0.39 is 0 Å². The quantitative estimate of drug-likeness (QED) is 0.317. The molecule has 0 spiro atoms. The standard InChI is InChI=1S/C2H3.HI.Zn/c1-2;;/h1H,2H2;1H;/q;;+1/p-1. The summed E-state index contributed by atoms with van der Waals surface area (Å²) in [7, 11) is 0. The number of hydrogen-bond donors (Lipinski definition) is 0. The van der Waals surface area contributed by atoms with Crippen LogP contribution < -0.4 is 24.0 Å². The molecule has 0 aliphatic rings. The molecule has 0 heterocycles. The predicted molar refractivity (Wildman–Crippen MR) is 10.2 cm³/mol. The molecule has 0 aliphatic heterocycles. The second-order valence-electron chi connectivity index (χ2n) is 0.289. The van der Waals surface area contributed by atoms with E-state index in [-0.39, 0.29) is 24.0 Å². The monoisotopic (exact) mass is 218 g/mol. The zero-order valence-corrected chi connectivity index (χ0v) is 7.49. The van der Waals surface area contributed by atoms with E-state index in [1.807, 2.05) is 4.67 Å². The van der Waals surface area contributed by atoms with Crippen molar-refractivity contribution in [3.8, 4) is 0 Å². The van der Waals surface area contributed by atoms with Gasteiger partial charge in [0.05, 0.1) is 0 Å². The average Bonchev–Trinajstić information content (AvgIpc) is 0.918. The molecule has 0 unspecified atom stereocenters. The van der Waals surface area contributed by atoms with Gasteiger partial charge in [0, 0.05) is 0 Å². The Morgan fingerprint density at radius 1 is 1.75 bits per heavy atom. The van der Waals surface area contributed by atoms with Crippen molar-refractivity contribution in [1.82, 2.24) is 0 Å². The number of rotatable bonds is 0. The van der Waals surface area contributed by atoms with Crippen LogP contribution in [0.1, 0.15) is 0 Å². The van der Waals surface area contributed by atoms with Crippen molar-refractivity contribution < 1.29 is 42.3 Å². The van der Waals surface area contributed by atoms with Gasteiger partial charge in [-0.1, -0.05) is 0 Å². The van der Waals surface area contributed by atoms with Crippen LogP contribution >= 0.6 is 0 Å². The molecule has 0 nitrogen and oxygen atoms in total. The van der Waals surface area contributed by atoms with E-state index in [9.17, 15) is 0 Å². The van der Waals surface area contributed by atoms with Gasteiger partial charge in [0.25, 0.3) is 0 Å². The smallest absolute Gasteiger partial charge is 1.00 e. The van der Waals surface area contributed by atoms with Crippen LogP contribution in [0.5, 0.6) is 0 Å². The predicted octanol–water partition coefficient (Wildman–Crippen LogP) is -2.32. The van der Waals surface area contributed by atoms with Gasteiger partial charge in [0.2, 0.25) is 0 Å². The van der Waals surface area contributed by atoms with Crippen molar-refractivity contribution in [2.24, 2.45) is 0 Å². The van der Waals surface area contributed by atoms with Gasteiger partial charge in [-0.05, 0) is 0 Å².